The number of aryl methyl sites for hydroxylation is 1. The molecule has 11 heteroatoms. The van der Waals surface area contributed by atoms with Crippen LogP contribution in [0.4, 0.5) is 18.9 Å². The highest BCUT2D eigenvalue weighted by atomic mass is 35.5. The molecule has 4 rings (SSSR count). The summed E-state index contributed by atoms with van der Waals surface area (Å²) in [5, 5.41) is 2.12. The van der Waals surface area contributed by atoms with E-state index in [4.69, 9.17) is 11.6 Å². The number of rotatable bonds is 7. The van der Waals surface area contributed by atoms with E-state index in [1.165, 1.54) is 6.07 Å². The standard InChI is InChI=1S/C23H25ClF3N5O2/c24-18-7-6-16(14-17(18)23(25,26)27)28-21(33)15-31-12-10-30(11-13-31)8-3-9-32-20-5-2-1-4-19(20)29-22(32)34/h1-2,4-7,14H,3,8-13,15H2,(H,28,33)(H,29,34). The zero-order valence-corrected chi connectivity index (χ0v) is 19.1. The molecular weight excluding hydrogens is 471 g/mol. The molecule has 0 bridgehead atoms. The smallest absolute Gasteiger partial charge is 0.325 e. The first kappa shape index (κ1) is 24.3. The number of imidazole rings is 1. The van der Waals surface area contributed by atoms with Crippen molar-refractivity contribution in [2.45, 2.75) is 19.1 Å². The third kappa shape index (κ3) is 5.81. The van der Waals surface area contributed by atoms with E-state index in [0.29, 0.717) is 19.6 Å². The molecule has 0 atom stereocenters. The van der Waals surface area contributed by atoms with Gasteiger partial charge in [0.05, 0.1) is 28.2 Å². The van der Waals surface area contributed by atoms with Gasteiger partial charge in [-0.1, -0.05) is 23.7 Å². The summed E-state index contributed by atoms with van der Waals surface area (Å²) in [5.74, 6) is -0.373. The number of benzene rings is 2. The quantitative estimate of drug-likeness (QED) is 0.525. The summed E-state index contributed by atoms with van der Waals surface area (Å²) in [6.07, 6.45) is -3.77. The third-order valence-electron chi connectivity index (χ3n) is 5.93. The number of hydrogen-bond acceptors (Lipinski definition) is 4. The van der Waals surface area contributed by atoms with Gasteiger partial charge in [-0.2, -0.15) is 13.2 Å². The molecule has 0 unspecified atom stereocenters. The van der Waals surface area contributed by atoms with Crippen molar-refractivity contribution in [1.82, 2.24) is 19.4 Å². The number of aromatic nitrogens is 2. The summed E-state index contributed by atoms with van der Waals surface area (Å²) >= 11 is 5.62. The molecule has 1 aliphatic rings. The minimum Gasteiger partial charge on any atom is -0.325 e. The van der Waals surface area contributed by atoms with Gasteiger partial charge in [0.1, 0.15) is 0 Å². The molecule has 0 aliphatic carbocycles. The molecule has 2 N–H and O–H groups in total. The normalized spacial score (nSPS) is 15.6. The Morgan fingerprint density at radius 3 is 2.47 bits per heavy atom. The van der Waals surface area contributed by atoms with Gasteiger partial charge in [-0.25, -0.2) is 4.79 Å². The zero-order valence-electron chi connectivity index (χ0n) is 18.4. The Hall–Kier alpha value is -2.82. The predicted octanol–water partition coefficient (Wildman–Crippen LogP) is 3.65. The van der Waals surface area contributed by atoms with E-state index >= 15 is 0 Å². The monoisotopic (exact) mass is 495 g/mol. The number of fused-ring (bicyclic) bond motifs is 1. The number of H-pyrrole nitrogens is 1. The number of hydrogen-bond donors (Lipinski definition) is 2. The van der Waals surface area contributed by atoms with Crippen LogP contribution in [0.3, 0.4) is 0 Å². The van der Waals surface area contributed by atoms with Crippen LogP contribution in [0.25, 0.3) is 11.0 Å². The van der Waals surface area contributed by atoms with Crippen LogP contribution in [0.1, 0.15) is 12.0 Å². The molecule has 2 aromatic carbocycles. The van der Waals surface area contributed by atoms with Crippen LogP contribution in [0, 0.1) is 0 Å². The van der Waals surface area contributed by atoms with Crippen LogP contribution in [-0.4, -0.2) is 64.5 Å². The van der Waals surface area contributed by atoms with Crippen LogP contribution in [-0.2, 0) is 17.5 Å². The fraction of sp³-hybridized carbons (Fsp3) is 0.391. The van der Waals surface area contributed by atoms with Crippen LogP contribution < -0.4 is 11.0 Å². The Labute approximate surface area is 199 Å². The molecule has 7 nitrogen and oxygen atoms in total. The van der Waals surface area contributed by atoms with Gasteiger partial charge in [-0.3, -0.25) is 14.3 Å². The Balaban J connectivity index is 1.22. The number of carbonyl (C=O) groups is 1. The van der Waals surface area contributed by atoms with Crippen molar-refractivity contribution < 1.29 is 18.0 Å². The van der Waals surface area contributed by atoms with Crippen molar-refractivity contribution >= 4 is 34.2 Å². The maximum absolute atomic E-state index is 13.0. The molecule has 2 heterocycles. The summed E-state index contributed by atoms with van der Waals surface area (Å²) < 4.78 is 40.8. The lowest BCUT2D eigenvalue weighted by Gasteiger charge is -2.34. The Morgan fingerprint density at radius 2 is 1.74 bits per heavy atom. The van der Waals surface area contributed by atoms with Crippen LogP contribution in [0.15, 0.2) is 47.3 Å². The van der Waals surface area contributed by atoms with E-state index in [1.54, 1.807) is 4.57 Å². The Bertz CT molecular complexity index is 1220. The lowest BCUT2D eigenvalue weighted by Crippen LogP contribution is -2.48. The Morgan fingerprint density at radius 1 is 1.03 bits per heavy atom. The summed E-state index contributed by atoms with van der Waals surface area (Å²) in [7, 11) is 0. The molecule has 0 spiro atoms. The highest BCUT2D eigenvalue weighted by Crippen LogP contribution is 2.36. The van der Waals surface area contributed by atoms with Gasteiger partial charge in [-0.05, 0) is 43.3 Å². The number of halogens is 4. The molecule has 0 saturated carbocycles. The van der Waals surface area contributed by atoms with Gasteiger partial charge in [0.25, 0.3) is 0 Å². The lowest BCUT2D eigenvalue weighted by molar-refractivity contribution is -0.137. The number of piperazine rings is 1. The van der Waals surface area contributed by atoms with Crippen molar-refractivity contribution in [3.63, 3.8) is 0 Å². The first-order valence-electron chi connectivity index (χ1n) is 11.0. The van der Waals surface area contributed by atoms with Crippen molar-refractivity contribution in [3.05, 3.63) is 63.5 Å². The first-order chi connectivity index (χ1) is 16.2. The van der Waals surface area contributed by atoms with E-state index in [1.807, 2.05) is 29.2 Å². The predicted molar refractivity (Wildman–Crippen MR) is 125 cm³/mol. The zero-order chi connectivity index (χ0) is 24.3. The molecule has 1 aliphatic heterocycles. The SMILES string of the molecule is O=C(CN1CCN(CCCn2c(=O)[nH]c3ccccc32)CC1)Nc1ccc(Cl)c(C(F)(F)F)c1. The van der Waals surface area contributed by atoms with Crippen molar-refractivity contribution in [1.29, 1.82) is 0 Å². The van der Waals surface area contributed by atoms with Gasteiger partial charge in [0.15, 0.2) is 0 Å². The van der Waals surface area contributed by atoms with E-state index < -0.39 is 16.8 Å². The maximum Gasteiger partial charge on any atom is 0.417 e. The highest BCUT2D eigenvalue weighted by molar-refractivity contribution is 6.31. The minimum absolute atomic E-state index is 0.0629. The van der Waals surface area contributed by atoms with Gasteiger partial charge < -0.3 is 15.2 Å². The molecule has 1 aromatic heterocycles. The van der Waals surface area contributed by atoms with E-state index in [0.717, 1.165) is 49.2 Å². The summed E-state index contributed by atoms with van der Waals surface area (Å²) in [6.45, 7) is 4.44. The number of aromatic amines is 1. The molecule has 1 amide bonds. The molecule has 34 heavy (non-hydrogen) atoms. The molecular formula is C23H25ClF3N5O2. The average molecular weight is 496 g/mol. The van der Waals surface area contributed by atoms with Crippen LogP contribution >= 0.6 is 11.6 Å². The summed E-state index contributed by atoms with van der Waals surface area (Å²) in [4.78, 5) is 31.6. The Kier molecular flexibility index (Phi) is 7.30. The van der Waals surface area contributed by atoms with E-state index in [2.05, 4.69) is 15.2 Å². The molecule has 1 fully saturated rings. The summed E-state index contributed by atoms with van der Waals surface area (Å²) in [6, 6.07) is 10.9. The number of alkyl halides is 3. The summed E-state index contributed by atoms with van der Waals surface area (Å²) in [5.41, 5.74) is 0.697. The largest absolute Gasteiger partial charge is 0.417 e. The van der Waals surface area contributed by atoms with Gasteiger partial charge >= 0.3 is 11.9 Å². The molecule has 1 saturated heterocycles. The van der Waals surface area contributed by atoms with Gasteiger partial charge in [0.2, 0.25) is 5.91 Å². The van der Waals surface area contributed by atoms with Crippen LogP contribution in [0.5, 0.6) is 0 Å². The fourth-order valence-corrected chi connectivity index (χ4v) is 4.40. The second-order valence-electron chi connectivity index (χ2n) is 8.31. The number of anilines is 1. The van der Waals surface area contributed by atoms with E-state index in [-0.39, 0.29) is 23.8 Å². The number of para-hydroxylation sites is 2. The lowest BCUT2D eigenvalue weighted by atomic mass is 10.2. The van der Waals surface area contributed by atoms with E-state index in [9.17, 15) is 22.8 Å². The number of amides is 1. The van der Waals surface area contributed by atoms with Gasteiger partial charge in [-0.15, -0.1) is 0 Å². The number of nitrogens with one attached hydrogen (secondary N) is 2. The number of nitrogens with zero attached hydrogens (tertiary/aromatic N) is 3. The molecule has 182 valence electrons. The van der Waals surface area contributed by atoms with Gasteiger partial charge in [0, 0.05) is 38.4 Å². The second kappa shape index (κ2) is 10.2. The van der Waals surface area contributed by atoms with Crippen molar-refractivity contribution in [3.8, 4) is 0 Å². The third-order valence-corrected chi connectivity index (χ3v) is 6.25. The van der Waals surface area contributed by atoms with Crippen molar-refractivity contribution in [2.75, 3.05) is 44.6 Å². The number of carbonyl (C=O) groups excluding carboxylic acids is 1. The topological polar surface area (TPSA) is 73.4 Å². The highest BCUT2D eigenvalue weighted by Gasteiger charge is 2.33. The van der Waals surface area contributed by atoms with Crippen molar-refractivity contribution in [2.24, 2.45) is 0 Å². The van der Waals surface area contributed by atoms with Crippen LogP contribution in [0.2, 0.25) is 5.02 Å². The second-order valence-corrected chi connectivity index (χ2v) is 8.72. The average Bonchev–Trinajstić information content (AvgIpc) is 3.10. The molecule has 3 aromatic rings. The first-order valence-corrected chi connectivity index (χ1v) is 11.4. The maximum atomic E-state index is 13.0. The minimum atomic E-state index is -4.59. The molecule has 0 radical (unpaired) electrons. The fourth-order valence-electron chi connectivity index (χ4n) is 4.18.